The average molecular weight is 307 g/mol. The first-order valence-electron chi connectivity index (χ1n) is 6.92. The van der Waals surface area contributed by atoms with Gasteiger partial charge in [-0.15, -0.1) is 6.58 Å². The number of hydrogen-bond acceptors (Lipinski definition) is 4. The van der Waals surface area contributed by atoms with Gasteiger partial charge in [-0.2, -0.15) is 0 Å². The van der Waals surface area contributed by atoms with Crippen molar-refractivity contribution in [3.05, 3.63) is 36.4 Å². The van der Waals surface area contributed by atoms with Gasteiger partial charge in [0.15, 0.2) is 18.1 Å². The van der Waals surface area contributed by atoms with Crippen LogP contribution in [-0.4, -0.2) is 48.7 Å². The molecule has 1 amide bonds. The van der Waals surface area contributed by atoms with Crippen LogP contribution in [0, 0.1) is 0 Å². The van der Waals surface area contributed by atoms with E-state index in [2.05, 4.69) is 6.58 Å². The molecule has 0 unspecified atom stereocenters. The minimum atomic E-state index is -1.05. The predicted octanol–water partition coefficient (Wildman–Crippen LogP) is 1.74. The Morgan fingerprint density at radius 1 is 1.36 bits per heavy atom. The summed E-state index contributed by atoms with van der Waals surface area (Å²) in [5.74, 6) is -0.479. The van der Waals surface area contributed by atoms with Crippen molar-refractivity contribution in [2.75, 3.05) is 26.8 Å². The zero-order valence-corrected chi connectivity index (χ0v) is 12.9. The number of hydrogen-bond donors (Lipinski definition) is 1. The molecule has 0 aliphatic rings. The topological polar surface area (TPSA) is 76.1 Å². The molecule has 0 radical (unpaired) electrons. The van der Waals surface area contributed by atoms with Crippen LogP contribution in [-0.2, 0) is 16.0 Å². The normalized spacial score (nSPS) is 9.91. The summed E-state index contributed by atoms with van der Waals surface area (Å²) in [7, 11) is 1.52. The van der Waals surface area contributed by atoms with E-state index in [0.717, 1.165) is 5.56 Å². The summed E-state index contributed by atoms with van der Waals surface area (Å²) in [4.78, 5) is 23.8. The Bertz CT molecular complexity index is 541. The molecule has 0 aliphatic carbocycles. The smallest absolute Gasteiger partial charge is 0.323 e. The van der Waals surface area contributed by atoms with Gasteiger partial charge in [0.1, 0.15) is 6.54 Å². The number of nitrogens with zero attached hydrogens (tertiary/aromatic N) is 1. The zero-order valence-electron chi connectivity index (χ0n) is 12.9. The Morgan fingerprint density at radius 3 is 2.64 bits per heavy atom. The second-order valence-corrected chi connectivity index (χ2v) is 4.57. The van der Waals surface area contributed by atoms with Gasteiger partial charge in [0.2, 0.25) is 0 Å². The highest BCUT2D eigenvalue weighted by Gasteiger charge is 2.16. The number of carboxylic acid groups (broad SMARTS) is 1. The number of ether oxygens (including phenoxy) is 2. The van der Waals surface area contributed by atoms with E-state index in [1.54, 1.807) is 19.1 Å². The van der Waals surface area contributed by atoms with Gasteiger partial charge in [-0.25, -0.2) is 0 Å². The number of benzene rings is 1. The fourth-order valence-electron chi connectivity index (χ4n) is 1.90. The molecular formula is C16H21NO5. The molecule has 0 saturated carbocycles. The van der Waals surface area contributed by atoms with Crippen LogP contribution in [0.25, 0.3) is 0 Å². The van der Waals surface area contributed by atoms with Crippen molar-refractivity contribution in [2.24, 2.45) is 0 Å². The first-order valence-corrected chi connectivity index (χ1v) is 6.92. The first kappa shape index (κ1) is 17.6. The van der Waals surface area contributed by atoms with E-state index in [4.69, 9.17) is 14.6 Å². The van der Waals surface area contributed by atoms with Crippen molar-refractivity contribution in [2.45, 2.75) is 13.3 Å². The molecule has 0 bridgehead atoms. The molecule has 0 aromatic heterocycles. The van der Waals surface area contributed by atoms with Gasteiger partial charge in [0, 0.05) is 6.54 Å². The summed E-state index contributed by atoms with van der Waals surface area (Å²) < 4.78 is 10.7. The molecule has 1 aromatic carbocycles. The molecule has 0 aliphatic heterocycles. The van der Waals surface area contributed by atoms with Crippen molar-refractivity contribution in [1.29, 1.82) is 0 Å². The molecular weight excluding hydrogens is 286 g/mol. The molecule has 0 fully saturated rings. The van der Waals surface area contributed by atoms with E-state index < -0.39 is 5.97 Å². The highest BCUT2D eigenvalue weighted by Crippen LogP contribution is 2.28. The molecule has 1 aromatic rings. The second kappa shape index (κ2) is 8.71. The number of rotatable bonds is 9. The van der Waals surface area contributed by atoms with Crippen LogP contribution in [0.2, 0.25) is 0 Å². The van der Waals surface area contributed by atoms with Crippen LogP contribution in [0.3, 0.4) is 0 Å². The lowest BCUT2D eigenvalue weighted by Crippen LogP contribution is -2.38. The molecule has 22 heavy (non-hydrogen) atoms. The number of carboxylic acids is 1. The van der Waals surface area contributed by atoms with Gasteiger partial charge in [-0.05, 0) is 31.0 Å². The lowest BCUT2D eigenvalue weighted by atomic mass is 10.1. The minimum absolute atomic E-state index is 0.238. The van der Waals surface area contributed by atoms with Crippen molar-refractivity contribution in [3.63, 3.8) is 0 Å². The van der Waals surface area contributed by atoms with Crippen molar-refractivity contribution in [1.82, 2.24) is 4.90 Å². The van der Waals surface area contributed by atoms with Crippen molar-refractivity contribution in [3.8, 4) is 11.5 Å². The summed E-state index contributed by atoms with van der Waals surface area (Å²) >= 11 is 0. The highest BCUT2D eigenvalue weighted by molar-refractivity contribution is 5.82. The van der Waals surface area contributed by atoms with Gasteiger partial charge >= 0.3 is 5.97 Å². The largest absolute Gasteiger partial charge is 0.493 e. The number of amides is 1. The zero-order chi connectivity index (χ0) is 16.5. The molecule has 120 valence electrons. The molecule has 6 heteroatoms. The van der Waals surface area contributed by atoms with Crippen LogP contribution in [0.15, 0.2) is 30.9 Å². The van der Waals surface area contributed by atoms with Gasteiger partial charge < -0.3 is 19.5 Å². The SMILES string of the molecule is C=CCc1ccc(OCC(=O)N(CC)CC(=O)O)c(OC)c1. The van der Waals surface area contributed by atoms with Gasteiger partial charge in [0.05, 0.1) is 7.11 Å². The molecule has 1 rings (SSSR count). The average Bonchev–Trinajstić information content (AvgIpc) is 2.50. The van der Waals surface area contributed by atoms with Gasteiger partial charge in [0.25, 0.3) is 5.91 Å². The Morgan fingerprint density at radius 2 is 2.09 bits per heavy atom. The first-order chi connectivity index (χ1) is 10.5. The lowest BCUT2D eigenvalue weighted by molar-refractivity contribution is -0.145. The number of carbonyl (C=O) groups excluding carboxylic acids is 1. The van der Waals surface area contributed by atoms with E-state index >= 15 is 0 Å². The summed E-state index contributed by atoms with van der Waals surface area (Å²) in [6.45, 7) is 5.12. The third kappa shape index (κ3) is 5.12. The fourth-order valence-corrected chi connectivity index (χ4v) is 1.90. The Labute approximate surface area is 129 Å². The van der Waals surface area contributed by atoms with E-state index in [9.17, 15) is 9.59 Å². The van der Waals surface area contributed by atoms with Crippen molar-refractivity contribution < 1.29 is 24.2 Å². The molecule has 0 atom stereocenters. The van der Waals surface area contributed by atoms with Crippen molar-refractivity contribution >= 4 is 11.9 Å². The van der Waals surface area contributed by atoms with Crippen LogP contribution < -0.4 is 9.47 Å². The number of allylic oxidation sites excluding steroid dienone is 1. The number of carbonyl (C=O) groups is 2. The van der Waals surface area contributed by atoms with Gasteiger partial charge in [-0.1, -0.05) is 12.1 Å². The Balaban J connectivity index is 2.72. The Kier molecular flexibility index (Phi) is 6.95. The number of aliphatic carboxylic acids is 1. The summed E-state index contributed by atoms with van der Waals surface area (Å²) in [5.41, 5.74) is 1.02. The Hall–Kier alpha value is -2.50. The standard InChI is InChI=1S/C16H21NO5/c1-4-6-12-7-8-13(14(9-12)21-3)22-11-15(18)17(5-2)10-16(19)20/h4,7-9H,1,5-6,10-11H2,2-3H3,(H,19,20). The molecule has 6 nitrogen and oxygen atoms in total. The second-order valence-electron chi connectivity index (χ2n) is 4.57. The van der Waals surface area contributed by atoms with E-state index in [1.165, 1.54) is 12.0 Å². The van der Waals surface area contributed by atoms with Crippen LogP contribution in [0.5, 0.6) is 11.5 Å². The lowest BCUT2D eigenvalue weighted by Gasteiger charge is -2.19. The minimum Gasteiger partial charge on any atom is -0.493 e. The van der Waals surface area contributed by atoms with Gasteiger partial charge in [-0.3, -0.25) is 9.59 Å². The summed E-state index contributed by atoms with van der Waals surface area (Å²) in [5, 5.41) is 8.75. The third-order valence-electron chi connectivity index (χ3n) is 3.02. The van der Waals surface area contributed by atoms with E-state index in [0.29, 0.717) is 24.5 Å². The maximum absolute atomic E-state index is 11.9. The van der Waals surface area contributed by atoms with Crippen LogP contribution in [0.1, 0.15) is 12.5 Å². The summed E-state index contributed by atoms with van der Waals surface area (Å²) in [6.07, 6.45) is 2.49. The quantitative estimate of drug-likeness (QED) is 0.703. The van der Waals surface area contributed by atoms with Crippen LogP contribution in [0.4, 0.5) is 0 Å². The molecule has 0 heterocycles. The van der Waals surface area contributed by atoms with E-state index in [1.807, 2.05) is 12.1 Å². The van der Waals surface area contributed by atoms with E-state index in [-0.39, 0.29) is 19.1 Å². The molecule has 0 saturated heterocycles. The highest BCUT2D eigenvalue weighted by atomic mass is 16.5. The monoisotopic (exact) mass is 307 g/mol. The summed E-state index contributed by atoms with van der Waals surface area (Å²) in [6, 6.07) is 5.40. The molecule has 0 spiro atoms. The number of methoxy groups -OCH3 is 1. The van der Waals surface area contributed by atoms with Crippen LogP contribution >= 0.6 is 0 Å². The predicted molar refractivity (Wildman–Crippen MR) is 82.3 cm³/mol. The fraction of sp³-hybridized carbons (Fsp3) is 0.375. The third-order valence-corrected chi connectivity index (χ3v) is 3.02. The molecule has 1 N–H and O–H groups in total. The maximum atomic E-state index is 11.9. The number of likely N-dealkylation sites (N-methyl/N-ethyl adjacent to an activating group) is 1. The maximum Gasteiger partial charge on any atom is 0.323 e.